The minimum absolute atomic E-state index is 0.106. The average molecular weight is 381 g/mol. The third kappa shape index (κ3) is 8.16. The second-order valence-electron chi connectivity index (χ2n) is 7.00. The molecule has 1 N–H and O–H groups in total. The smallest absolute Gasteiger partial charge is 0.331 e. The molecule has 2 amide bonds. The molecule has 0 saturated heterocycles. The molecule has 0 heterocycles. The number of carbonyl (C=O) groups excluding carboxylic acids is 3. The highest BCUT2D eigenvalue weighted by molar-refractivity contribution is 6.31. The Morgan fingerprint density at radius 1 is 1.27 bits per heavy atom. The van der Waals surface area contributed by atoms with Crippen molar-refractivity contribution in [2.75, 3.05) is 20.2 Å². The van der Waals surface area contributed by atoms with E-state index in [2.05, 4.69) is 5.32 Å². The highest BCUT2D eigenvalue weighted by Crippen LogP contribution is 2.17. The van der Waals surface area contributed by atoms with Gasteiger partial charge in [-0.15, -0.1) is 0 Å². The molecule has 0 fully saturated rings. The van der Waals surface area contributed by atoms with Crippen LogP contribution in [-0.4, -0.2) is 48.4 Å². The topological polar surface area (TPSA) is 75.7 Å². The fourth-order valence-corrected chi connectivity index (χ4v) is 2.12. The molecule has 0 aliphatic carbocycles. The van der Waals surface area contributed by atoms with E-state index < -0.39 is 18.5 Å². The van der Waals surface area contributed by atoms with Gasteiger partial charge in [-0.3, -0.25) is 9.59 Å². The quantitative estimate of drug-likeness (QED) is 0.608. The molecule has 142 valence electrons. The number of hydrogen-bond acceptors (Lipinski definition) is 4. The largest absolute Gasteiger partial charge is 0.452 e. The van der Waals surface area contributed by atoms with Crippen LogP contribution >= 0.6 is 11.6 Å². The summed E-state index contributed by atoms with van der Waals surface area (Å²) in [5.74, 6) is -1.40. The molecule has 0 unspecified atom stereocenters. The maximum absolute atomic E-state index is 11.9. The molecule has 26 heavy (non-hydrogen) atoms. The second-order valence-corrected chi connectivity index (χ2v) is 7.40. The number of amides is 2. The van der Waals surface area contributed by atoms with Crippen LogP contribution in [0.1, 0.15) is 31.9 Å². The van der Waals surface area contributed by atoms with Gasteiger partial charge in [0.15, 0.2) is 6.61 Å². The molecule has 1 rings (SSSR count). The maximum Gasteiger partial charge on any atom is 0.331 e. The summed E-state index contributed by atoms with van der Waals surface area (Å²) in [5, 5.41) is 3.36. The first-order valence-corrected chi connectivity index (χ1v) is 8.51. The van der Waals surface area contributed by atoms with Crippen LogP contribution in [0, 0.1) is 6.92 Å². The van der Waals surface area contributed by atoms with E-state index in [9.17, 15) is 14.4 Å². The van der Waals surface area contributed by atoms with E-state index in [0.29, 0.717) is 5.02 Å². The van der Waals surface area contributed by atoms with Crippen LogP contribution in [-0.2, 0) is 19.1 Å². The molecule has 1 aromatic rings. The summed E-state index contributed by atoms with van der Waals surface area (Å²) in [7, 11) is 1.47. The average Bonchev–Trinajstić information content (AvgIpc) is 2.51. The Morgan fingerprint density at radius 3 is 2.50 bits per heavy atom. The van der Waals surface area contributed by atoms with Crippen molar-refractivity contribution in [2.45, 2.75) is 33.2 Å². The molecule has 0 saturated carbocycles. The second kappa shape index (κ2) is 9.38. The lowest BCUT2D eigenvalue weighted by molar-refractivity contribution is -0.148. The van der Waals surface area contributed by atoms with Gasteiger partial charge in [0, 0.05) is 23.7 Å². The van der Waals surface area contributed by atoms with Crippen molar-refractivity contribution in [3.8, 4) is 0 Å². The minimum atomic E-state index is -0.650. The summed E-state index contributed by atoms with van der Waals surface area (Å²) in [6.45, 7) is 6.89. The molecule has 0 aromatic heterocycles. The van der Waals surface area contributed by atoms with Gasteiger partial charge in [0.1, 0.15) is 0 Å². The number of carbonyl (C=O) groups is 3. The number of halogens is 1. The summed E-state index contributed by atoms with van der Waals surface area (Å²) in [6.07, 6.45) is 2.78. The molecule has 6 nitrogen and oxygen atoms in total. The van der Waals surface area contributed by atoms with E-state index in [4.69, 9.17) is 16.3 Å². The van der Waals surface area contributed by atoms with E-state index in [1.165, 1.54) is 18.0 Å². The standard InChI is InChI=1S/C19H25ClN2O4/c1-13-6-7-14(10-15(13)20)8-9-18(25)26-12-17(24)22(5)11-16(23)21-19(2,3)4/h6-10H,11-12H2,1-5H3,(H,21,23)/b9-8+. The van der Waals surface area contributed by atoms with Gasteiger partial charge in [-0.05, 0) is 51.0 Å². The number of benzene rings is 1. The lowest BCUT2D eigenvalue weighted by Gasteiger charge is -2.23. The predicted molar refractivity (Wildman–Crippen MR) is 102 cm³/mol. The Morgan fingerprint density at radius 2 is 1.92 bits per heavy atom. The van der Waals surface area contributed by atoms with Gasteiger partial charge < -0.3 is 15.0 Å². The van der Waals surface area contributed by atoms with Gasteiger partial charge in [-0.25, -0.2) is 4.79 Å². The third-order valence-electron chi connectivity index (χ3n) is 3.27. The fourth-order valence-electron chi connectivity index (χ4n) is 1.93. The lowest BCUT2D eigenvalue weighted by atomic mass is 10.1. The van der Waals surface area contributed by atoms with Gasteiger partial charge in [0.2, 0.25) is 5.91 Å². The van der Waals surface area contributed by atoms with E-state index >= 15 is 0 Å². The third-order valence-corrected chi connectivity index (χ3v) is 3.67. The van der Waals surface area contributed by atoms with Crippen molar-refractivity contribution in [1.29, 1.82) is 0 Å². The summed E-state index contributed by atoms with van der Waals surface area (Å²) in [6, 6.07) is 5.39. The first-order chi connectivity index (χ1) is 12.0. The van der Waals surface area contributed by atoms with Crippen LogP contribution in [0.2, 0.25) is 5.02 Å². The zero-order valence-electron chi connectivity index (χ0n) is 15.8. The molecule has 0 aliphatic rings. The van der Waals surface area contributed by atoms with E-state index in [-0.39, 0.29) is 18.0 Å². The molecule has 1 aromatic carbocycles. The molecule has 7 heteroatoms. The van der Waals surface area contributed by atoms with Crippen molar-refractivity contribution in [1.82, 2.24) is 10.2 Å². The fraction of sp³-hybridized carbons (Fsp3) is 0.421. The van der Waals surface area contributed by atoms with Crippen LogP contribution in [0.15, 0.2) is 24.3 Å². The van der Waals surface area contributed by atoms with Gasteiger partial charge in [-0.1, -0.05) is 23.7 Å². The minimum Gasteiger partial charge on any atom is -0.452 e. The van der Waals surface area contributed by atoms with Crippen molar-refractivity contribution in [3.05, 3.63) is 40.4 Å². The van der Waals surface area contributed by atoms with Crippen molar-refractivity contribution >= 4 is 35.5 Å². The van der Waals surface area contributed by atoms with Crippen molar-refractivity contribution in [3.63, 3.8) is 0 Å². The molecule has 0 atom stereocenters. The zero-order valence-corrected chi connectivity index (χ0v) is 16.5. The summed E-state index contributed by atoms with van der Waals surface area (Å²) in [5.41, 5.74) is 1.31. The zero-order chi connectivity index (χ0) is 19.9. The number of aryl methyl sites for hydroxylation is 1. The molecular weight excluding hydrogens is 356 g/mol. The van der Waals surface area contributed by atoms with Gasteiger partial charge in [0.25, 0.3) is 5.91 Å². The Bertz CT molecular complexity index is 708. The summed E-state index contributed by atoms with van der Waals surface area (Å²) < 4.78 is 4.90. The van der Waals surface area contributed by atoms with Gasteiger partial charge >= 0.3 is 5.97 Å². The number of ether oxygens (including phenoxy) is 1. The molecule has 0 bridgehead atoms. The Labute approximate surface area is 159 Å². The number of hydrogen-bond donors (Lipinski definition) is 1. The van der Waals surface area contributed by atoms with Crippen molar-refractivity contribution in [2.24, 2.45) is 0 Å². The first-order valence-electron chi connectivity index (χ1n) is 8.14. The van der Waals surface area contributed by atoms with E-state index in [1.807, 2.05) is 39.8 Å². The number of nitrogens with zero attached hydrogens (tertiary/aromatic N) is 1. The van der Waals surface area contributed by atoms with Crippen LogP contribution in [0.25, 0.3) is 6.08 Å². The number of likely N-dealkylation sites (N-methyl/N-ethyl adjacent to an activating group) is 1. The maximum atomic E-state index is 11.9. The normalized spacial score (nSPS) is 11.3. The highest BCUT2D eigenvalue weighted by Gasteiger charge is 2.18. The Kier molecular flexibility index (Phi) is 7.83. The summed E-state index contributed by atoms with van der Waals surface area (Å²) in [4.78, 5) is 36.6. The lowest BCUT2D eigenvalue weighted by Crippen LogP contribution is -2.46. The van der Waals surface area contributed by atoms with Crippen LogP contribution < -0.4 is 5.32 Å². The number of nitrogens with one attached hydrogen (secondary N) is 1. The van der Waals surface area contributed by atoms with Crippen molar-refractivity contribution < 1.29 is 19.1 Å². The Hall–Kier alpha value is -2.34. The SMILES string of the molecule is Cc1ccc(/C=C/C(=O)OCC(=O)N(C)CC(=O)NC(C)(C)C)cc1Cl. The molecule has 0 spiro atoms. The highest BCUT2D eigenvalue weighted by atomic mass is 35.5. The number of esters is 1. The molecular formula is C19H25ClN2O4. The molecule has 0 aliphatic heterocycles. The van der Waals surface area contributed by atoms with Gasteiger partial charge in [-0.2, -0.15) is 0 Å². The Balaban J connectivity index is 2.45. The predicted octanol–water partition coefficient (Wildman–Crippen LogP) is 2.58. The monoisotopic (exact) mass is 380 g/mol. The van der Waals surface area contributed by atoms with Gasteiger partial charge in [0.05, 0.1) is 6.54 Å². The first kappa shape index (κ1) is 21.7. The summed E-state index contributed by atoms with van der Waals surface area (Å²) >= 11 is 6.02. The van der Waals surface area contributed by atoms with Crippen LogP contribution in [0.4, 0.5) is 0 Å². The van der Waals surface area contributed by atoms with E-state index in [0.717, 1.165) is 11.1 Å². The number of rotatable bonds is 6. The molecule has 0 radical (unpaired) electrons. The van der Waals surface area contributed by atoms with Crippen LogP contribution in [0.3, 0.4) is 0 Å². The van der Waals surface area contributed by atoms with Crippen LogP contribution in [0.5, 0.6) is 0 Å². The van der Waals surface area contributed by atoms with E-state index in [1.54, 1.807) is 12.1 Å².